The fraction of sp³-hybridized carbons (Fsp3) is 0. The van der Waals surface area contributed by atoms with Crippen LogP contribution in [0.2, 0.25) is 5.02 Å². The smallest absolute Gasteiger partial charge is 0.258 e. The van der Waals surface area contributed by atoms with Crippen LogP contribution in [0.3, 0.4) is 0 Å². The van der Waals surface area contributed by atoms with Crippen LogP contribution in [0.1, 0.15) is 0 Å². The maximum Gasteiger partial charge on any atom is 0.258 e. The molecule has 20 heavy (non-hydrogen) atoms. The number of nitrogen functional groups attached to an aromatic ring is 1. The molecule has 2 aromatic carbocycles. The van der Waals surface area contributed by atoms with Crippen LogP contribution < -0.4 is 5.73 Å². The highest BCUT2D eigenvalue weighted by Crippen LogP contribution is 2.27. The van der Waals surface area contributed by atoms with E-state index in [1.807, 2.05) is 24.3 Å². The molecule has 4 nitrogen and oxygen atoms in total. The molecule has 2 N–H and O–H groups in total. The van der Waals surface area contributed by atoms with E-state index in [1.54, 1.807) is 18.2 Å². The van der Waals surface area contributed by atoms with Gasteiger partial charge in [0, 0.05) is 15.6 Å². The van der Waals surface area contributed by atoms with Gasteiger partial charge in [0.05, 0.1) is 10.7 Å². The molecule has 6 heteroatoms. The van der Waals surface area contributed by atoms with Gasteiger partial charge in [0.2, 0.25) is 5.82 Å². The van der Waals surface area contributed by atoms with Crippen LogP contribution in [0.15, 0.2) is 51.5 Å². The molecule has 100 valence electrons. The van der Waals surface area contributed by atoms with Gasteiger partial charge in [0.25, 0.3) is 5.89 Å². The highest BCUT2D eigenvalue weighted by molar-refractivity contribution is 9.10. The number of rotatable bonds is 2. The van der Waals surface area contributed by atoms with Gasteiger partial charge in [-0.2, -0.15) is 4.98 Å². The molecule has 0 aliphatic heterocycles. The van der Waals surface area contributed by atoms with Crippen molar-refractivity contribution >= 4 is 33.2 Å². The van der Waals surface area contributed by atoms with Gasteiger partial charge in [-0.15, -0.1) is 0 Å². The van der Waals surface area contributed by atoms with Gasteiger partial charge in [0.15, 0.2) is 0 Å². The predicted octanol–water partition coefficient (Wildman–Crippen LogP) is 4.40. The SMILES string of the molecule is Nc1ccc(-c2nc(-c3ccc(Br)cc3)no2)cc1Cl. The van der Waals surface area contributed by atoms with Gasteiger partial charge < -0.3 is 10.3 Å². The van der Waals surface area contributed by atoms with Crippen molar-refractivity contribution in [2.45, 2.75) is 0 Å². The summed E-state index contributed by atoms with van der Waals surface area (Å²) in [6.45, 7) is 0. The second-order valence-corrected chi connectivity index (χ2v) is 5.49. The van der Waals surface area contributed by atoms with Crippen LogP contribution in [0, 0.1) is 0 Å². The lowest BCUT2D eigenvalue weighted by Crippen LogP contribution is -1.86. The Hall–Kier alpha value is -1.85. The van der Waals surface area contributed by atoms with E-state index in [4.69, 9.17) is 21.9 Å². The third-order valence-corrected chi connectivity index (χ3v) is 3.63. The summed E-state index contributed by atoms with van der Waals surface area (Å²) in [7, 11) is 0. The molecule has 0 spiro atoms. The summed E-state index contributed by atoms with van der Waals surface area (Å²) in [5.41, 5.74) is 7.81. The average Bonchev–Trinajstić information content (AvgIpc) is 2.92. The average molecular weight is 351 g/mol. The molecule has 0 aliphatic rings. The minimum atomic E-state index is 0.407. The molecule has 0 atom stereocenters. The first-order valence-corrected chi connectivity index (χ1v) is 6.95. The van der Waals surface area contributed by atoms with Crippen LogP contribution in [0.5, 0.6) is 0 Å². The van der Waals surface area contributed by atoms with Crippen molar-refractivity contribution < 1.29 is 4.52 Å². The number of hydrogen-bond acceptors (Lipinski definition) is 4. The normalized spacial score (nSPS) is 10.7. The molecule has 0 saturated heterocycles. The van der Waals surface area contributed by atoms with Gasteiger partial charge in [-0.3, -0.25) is 0 Å². The fourth-order valence-corrected chi connectivity index (χ4v) is 2.16. The molecule has 0 bridgehead atoms. The number of aromatic nitrogens is 2. The fourth-order valence-electron chi connectivity index (χ4n) is 1.72. The summed E-state index contributed by atoms with van der Waals surface area (Å²) in [6, 6.07) is 12.9. The van der Waals surface area contributed by atoms with Crippen LogP contribution in [-0.2, 0) is 0 Å². The maximum absolute atomic E-state index is 5.98. The number of anilines is 1. The first-order chi connectivity index (χ1) is 9.63. The van der Waals surface area contributed by atoms with Crippen molar-refractivity contribution in [3.05, 3.63) is 52.0 Å². The number of halogens is 2. The number of nitrogens with two attached hydrogens (primary N) is 1. The second-order valence-electron chi connectivity index (χ2n) is 4.17. The van der Waals surface area contributed by atoms with Gasteiger partial charge >= 0.3 is 0 Å². The van der Waals surface area contributed by atoms with Crippen LogP contribution in [-0.4, -0.2) is 10.1 Å². The Bertz CT molecular complexity index is 755. The van der Waals surface area contributed by atoms with Crippen LogP contribution in [0.4, 0.5) is 5.69 Å². The van der Waals surface area contributed by atoms with E-state index in [-0.39, 0.29) is 0 Å². The van der Waals surface area contributed by atoms with Gasteiger partial charge in [-0.25, -0.2) is 0 Å². The van der Waals surface area contributed by atoms with Gasteiger partial charge in [-0.1, -0.05) is 32.7 Å². The molecular weight excluding hydrogens is 342 g/mol. The van der Waals surface area contributed by atoms with E-state index >= 15 is 0 Å². The quantitative estimate of drug-likeness (QED) is 0.696. The summed E-state index contributed by atoms with van der Waals surface area (Å²) in [5.74, 6) is 0.935. The third kappa shape index (κ3) is 2.55. The number of nitrogens with zero attached hydrogens (tertiary/aromatic N) is 2. The molecule has 0 amide bonds. The molecular formula is C14H9BrClN3O. The molecule has 0 fully saturated rings. The summed E-state index contributed by atoms with van der Waals surface area (Å²) in [5, 5.41) is 4.43. The van der Waals surface area contributed by atoms with E-state index < -0.39 is 0 Å². The monoisotopic (exact) mass is 349 g/mol. The van der Waals surface area contributed by atoms with Gasteiger partial charge in [0.1, 0.15) is 0 Å². The van der Waals surface area contributed by atoms with Crippen molar-refractivity contribution in [3.8, 4) is 22.8 Å². The number of benzene rings is 2. The second kappa shape index (κ2) is 5.26. The predicted molar refractivity (Wildman–Crippen MR) is 82.3 cm³/mol. The van der Waals surface area contributed by atoms with Gasteiger partial charge in [-0.05, 0) is 42.5 Å². The van der Waals surface area contributed by atoms with E-state index in [1.165, 1.54) is 0 Å². The molecule has 1 heterocycles. The topological polar surface area (TPSA) is 64.9 Å². The third-order valence-electron chi connectivity index (χ3n) is 2.78. The summed E-state index contributed by atoms with van der Waals surface area (Å²) < 4.78 is 6.25. The Morgan fingerprint density at radius 2 is 1.75 bits per heavy atom. The zero-order valence-corrected chi connectivity index (χ0v) is 12.5. The largest absolute Gasteiger partial charge is 0.398 e. The van der Waals surface area contributed by atoms with Crippen LogP contribution >= 0.6 is 27.5 Å². The zero-order valence-electron chi connectivity index (χ0n) is 10.2. The Kier molecular flexibility index (Phi) is 3.46. The first-order valence-electron chi connectivity index (χ1n) is 5.78. The van der Waals surface area contributed by atoms with E-state index in [0.29, 0.717) is 22.4 Å². The molecule has 0 saturated carbocycles. The Labute approximate surface area is 128 Å². The maximum atomic E-state index is 5.98. The number of hydrogen-bond donors (Lipinski definition) is 1. The van der Waals surface area contributed by atoms with Crippen molar-refractivity contribution in [3.63, 3.8) is 0 Å². The van der Waals surface area contributed by atoms with Crippen LogP contribution in [0.25, 0.3) is 22.8 Å². The van der Waals surface area contributed by atoms with Crippen molar-refractivity contribution in [2.75, 3.05) is 5.73 Å². The Morgan fingerprint density at radius 3 is 2.45 bits per heavy atom. The Morgan fingerprint density at radius 1 is 1.05 bits per heavy atom. The molecule has 1 aromatic heterocycles. The minimum absolute atomic E-state index is 0.407. The summed E-state index contributed by atoms with van der Waals surface area (Å²) in [6.07, 6.45) is 0. The zero-order chi connectivity index (χ0) is 14.1. The summed E-state index contributed by atoms with van der Waals surface area (Å²) >= 11 is 9.37. The molecule has 0 aliphatic carbocycles. The standard InChI is InChI=1S/C14H9BrClN3O/c15-10-4-1-8(2-5-10)13-18-14(20-19-13)9-3-6-12(17)11(16)7-9/h1-7H,17H2. The highest BCUT2D eigenvalue weighted by Gasteiger charge is 2.11. The van der Waals surface area contributed by atoms with E-state index in [2.05, 4.69) is 26.1 Å². The van der Waals surface area contributed by atoms with Crippen molar-refractivity contribution in [1.29, 1.82) is 0 Å². The van der Waals surface area contributed by atoms with Crippen molar-refractivity contribution in [1.82, 2.24) is 10.1 Å². The molecule has 0 radical (unpaired) electrons. The summed E-state index contributed by atoms with van der Waals surface area (Å²) in [4.78, 5) is 4.36. The molecule has 3 aromatic rings. The lowest BCUT2D eigenvalue weighted by atomic mass is 10.2. The first kappa shape index (κ1) is 13.1. The molecule has 3 rings (SSSR count). The lowest BCUT2D eigenvalue weighted by Gasteiger charge is -1.98. The Balaban J connectivity index is 1.97. The van der Waals surface area contributed by atoms with E-state index in [9.17, 15) is 0 Å². The van der Waals surface area contributed by atoms with E-state index in [0.717, 1.165) is 15.6 Å². The minimum Gasteiger partial charge on any atom is -0.398 e. The van der Waals surface area contributed by atoms with Crippen molar-refractivity contribution in [2.24, 2.45) is 0 Å². The molecule has 0 unspecified atom stereocenters. The highest BCUT2D eigenvalue weighted by atomic mass is 79.9. The lowest BCUT2D eigenvalue weighted by molar-refractivity contribution is 0.432.